The molecule has 1 unspecified atom stereocenters. The molecule has 0 saturated heterocycles. The van der Waals surface area contributed by atoms with Crippen molar-refractivity contribution < 1.29 is 9.53 Å². The van der Waals surface area contributed by atoms with E-state index >= 15 is 0 Å². The fraction of sp³-hybridized carbons (Fsp3) is 0.176. The van der Waals surface area contributed by atoms with Crippen LogP contribution in [0.4, 0.5) is 10.5 Å². The lowest BCUT2D eigenvalue weighted by molar-refractivity contribution is 0.146. The van der Waals surface area contributed by atoms with Gasteiger partial charge in [0, 0.05) is 6.42 Å². The highest BCUT2D eigenvalue weighted by Crippen LogP contribution is 2.32. The number of amides is 1. The molecule has 0 fully saturated rings. The second-order valence-electron chi connectivity index (χ2n) is 4.89. The van der Waals surface area contributed by atoms with Crippen molar-refractivity contribution in [3.63, 3.8) is 0 Å². The van der Waals surface area contributed by atoms with E-state index in [1.807, 2.05) is 54.6 Å². The number of para-hydroxylation sites is 1. The second-order valence-corrected chi connectivity index (χ2v) is 4.89. The van der Waals surface area contributed by atoms with Crippen molar-refractivity contribution in [3.05, 3.63) is 65.7 Å². The van der Waals surface area contributed by atoms with E-state index in [0.29, 0.717) is 6.42 Å². The minimum absolute atomic E-state index is 0.205. The van der Waals surface area contributed by atoms with Gasteiger partial charge < -0.3 is 4.74 Å². The van der Waals surface area contributed by atoms with Crippen molar-refractivity contribution >= 4 is 11.8 Å². The quantitative estimate of drug-likeness (QED) is 0.847. The third-order valence-corrected chi connectivity index (χ3v) is 3.53. The Balaban J connectivity index is 1.76. The van der Waals surface area contributed by atoms with Gasteiger partial charge in [-0.15, -0.1) is 0 Å². The van der Waals surface area contributed by atoms with Crippen LogP contribution in [0.3, 0.4) is 0 Å². The molecule has 1 aliphatic heterocycles. The van der Waals surface area contributed by atoms with Crippen LogP contribution in [-0.4, -0.2) is 12.1 Å². The van der Waals surface area contributed by atoms with E-state index in [-0.39, 0.29) is 6.61 Å². The molecule has 0 bridgehead atoms. The van der Waals surface area contributed by atoms with Crippen LogP contribution in [0.2, 0.25) is 0 Å². The summed E-state index contributed by atoms with van der Waals surface area (Å²) in [5.74, 6) is 0. The van der Waals surface area contributed by atoms with Gasteiger partial charge in [0.1, 0.15) is 12.6 Å². The van der Waals surface area contributed by atoms with Gasteiger partial charge in [0.05, 0.1) is 11.8 Å². The molecule has 2 aromatic carbocycles. The number of hydrogen-bond donors (Lipinski definition) is 0. The second kappa shape index (κ2) is 5.68. The maximum atomic E-state index is 12.3. The van der Waals surface area contributed by atoms with E-state index in [1.165, 1.54) is 4.90 Å². The highest BCUT2D eigenvalue weighted by Gasteiger charge is 2.34. The standard InChI is InChI=1S/C17H14N2O2/c18-11-15-10-14-8-4-5-9-16(14)19(15)17(20)21-12-13-6-2-1-3-7-13/h1-9,15H,10,12H2. The van der Waals surface area contributed by atoms with Gasteiger partial charge in [-0.05, 0) is 17.2 Å². The van der Waals surface area contributed by atoms with Crippen LogP contribution < -0.4 is 4.90 Å². The van der Waals surface area contributed by atoms with Crippen molar-refractivity contribution in [1.29, 1.82) is 5.26 Å². The van der Waals surface area contributed by atoms with Gasteiger partial charge >= 0.3 is 6.09 Å². The molecule has 104 valence electrons. The zero-order chi connectivity index (χ0) is 14.7. The summed E-state index contributed by atoms with van der Waals surface area (Å²) in [5, 5.41) is 9.24. The average Bonchev–Trinajstić information content (AvgIpc) is 2.92. The van der Waals surface area contributed by atoms with Crippen molar-refractivity contribution in [3.8, 4) is 6.07 Å². The molecule has 0 aliphatic carbocycles. The van der Waals surface area contributed by atoms with Gasteiger partial charge in [-0.1, -0.05) is 48.5 Å². The van der Waals surface area contributed by atoms with Gasteiger partial charge in [0.2, 0.25) is 0 Å². The van der Waals surface area contributed by atoms with Crippen molar-refractivity contribution in [2.24, 2.45) is 0 Å². The largest absolute Gasteiger partial charge is 0.444 e. The summed E-state index contributed by atoms with van der Waals surface area (Å²) >= 11 is 0. The highest BCUT2D eigenvalue weighted by molar-refractivity contribution is 5.91. The first-order valence-corrected chi connectivity index (χ1v) is 6.77. The van der Waals surface area contributed by atoms with Crippen molar-refractivity contribution in [2.45, 2.75) is 19.1 Å². The molecule has 4 nitrogen and oxygen atoms in total. The molecule has 2 aromatic rings. The Morgan fingerprint density at radius 2 is 1.90 bits per heavy atom. The number of nitrogens with zero attached hydrogens (tertiary/aromatic N) is 2. The first-order chi connectivity index (χ1) is 10.3. The SMILES string of the molecule is N#CC1Cc2ccccc2N1C(=O)OCc1ccccc1. The Morgan fingerprint density at radius 1 is 1.19 bits per heavy atom. The van der Waals surface area contributed by atoms with E-state index in [0.717, 1.165) is 16.8 Å². The Hall–Kier alpha value is -2.80. The number of carbonyl (C=O) groups is 1. The number of benzene rings is 2. The van der Waals surface area contributed by atoms with Crippen molar-refractivity contribution in [1.82, 2.24) is 0 Å². The van der Waals surface area contributed by atoms with Crippen LogP contribution in [-0.2, 0) is 17.8 Å². The molecule has 0 radical (unpaired) electrons. The maximum Gasteiger partial charge on any atom is 0.415 e. The predicted molar refractivity (Wildman–Crippen MR) is 78.7 cm³/mol. The first-order valence-electron chi connectivity index (χ1n) is 6.77. The van der Waals surface area contributed by atoms with Gasteiger partial charge in [-0.2, -0.15) is 5.26 Å². The molecule has 0 spiro atoms. The van der Waals surface area contributed by atoms with Gasteiger partial charge in [-0.25, -0.2) is 4.79 Å². The lowest BCUT2D eigenvalue weighted by atomic mass is 10.1. The van der Waals surface area contributed by atoms with Gasteiger partial charge in [-0.3, -0.25) is 4.90 Å². The van der Waals surface area contributed by atoms with Crippen LogP contribution in [0.5, 0.6) is 0 Å². The zero-order valence-electron chi connectivity index (χ0n) is 11.4. The molecule has 4 heteroatoms. The van der Waals surface area contributed by atoms with Crippen LogP contribution >= 0.6 is 0 Å². The third kappa shape index (κ3) is 2.59. The van der Waals surface area contributed by atoms with Crippen LogP contribution in [0.25, 0.3) is 0 Å². The summed E-state index contributed by atoms with van der Waals surface area (Å²) in [5.41, 5.74) is 2.69. The molecule has 0 saturated carbocycles. The summed E-state index contributed by atoms with van der Waals surface area (Å²) in [7, 11) is 0. The predicted octanol–water partition coefficient (Wildman–Crippen LogP) is 3.28. The Labute approximate surface area is 123 Å². The van der Waals surface area contributed by atoms with E-state index in [4.69, 9.17) is 4.74 Å². The van der Waals surface area contributed by atoms with E-state index in [1.54, 1.807) is 0 Å². The normalized spacial score (nSPS) is 16.1. The molecule has 1 heterocycles. The number of anilines is 1. The molecule has 3 rings (SSSR count). The third-order valence-electron chi connectivity index (χ3n) is 3.53. The molecule has 1 atom stereocenters. The zero-order valence-corrected chi connectivity index (χ0v) is 11.4. The number of hydrogen-bond acceptors (Lipinski definition) is 3. The number of rotatable bonds is 2. The number of nitriles is 1. The topological polar surface area (TPSA) is 53.3 Å². The summed E-state index contributed by atoms with van der Waals surface area (Å²) in [4.78, 5) is 13.7. The van der Waals surface area contributed by atoms with Gasteiger partial charge in [0.15, 0.2) is 0 Å². The summed E-state index contributed by atoms with van der Waals surface area (Å²) < 4.78 is 5.34. The lowest BCUT2D eigenvalue weighted by Gasteiger charge is -2.20. The molecule has 21 heavy (non-hydrogen) atoms. The molecule has 0 N–H and O–H groups in total. The smallest absolute Gasteiger partial charge is 0.415 e. The fourth-order valence-electron chi connectivity index (χ4n) is 2.50. The van der Waals surface area contributed by atoms with Crippen LogP contribution in [0.15, 0.2) is 54.6 Å². The van der Waals surface area contributed by atoms with E-state index in [2.05, 4.69) is 6.07 Å². The highest BCUT2D eigenvalue weighted by atomic mass is 16.6. The molecule has 1 aliphatic rings. The molecular weight excluding hydrogens is 264 g/mol. The lowest BCUT2D eigenvalue weighted by Crippen LogP contribution is -2.37. The monoisotopic (exact) mass is 278 g/mol. The van der Waals surface area contributed by atoms with E-state index < -0.39 is 12.1 Å². The maximum absolute atomic E-state index is 12.3. The Bertz CT molecular complexity index is 691. The van der Waals surface area contributed by atoms with E-state index in [9.17, 15) is 10.1 Å². The minimum atomic E-state index is -0.495. The number of fused-ring (bicyclic) bond motifs is 1. The summed E-state index contributed by atoms with van der Waals surface area (Å²) in [6.07, 6.45) is 0.0722. The van der Waals surface area contributed by atoms with Gasteiger partial charge in [0.25, 0.3) is 0 Å². The van der Waals surface area contributed by atoms with Crippen LogP contribution in [0.1, 0.15) is 11.1 Å². The molecular formula is C17H14N2O2. The minimum Gasteiger partial charge on any atom is -0.444 e. The van der Waals surface area contributed by atoms with Crippen molar-refractivity contribution in [2.75, 3.05) is 4.90 Å². The Morgan fingerprint density at radius 3 is 2.67 bits per heavy atom. The summed E-state index contributed by atoms with van der Waals surface area (Å²) in [6, 6.07) is 18.7. The Kier molecular flexibility index (Phi) is 3.57. The summed E-state index contributed by atoms with van der Waals surface area (Å²) in [6.45, 7) is 0.205. The molecule has 1 amide bonds. The first kappa shape index (κ1) is 13.2. The fourth-order valence-corrected chi connectivity index (χ4v) is 2.50. The number of ether oxygens (including phenoxy) is 1. The number of carbonyl (C=O) groups excluding carboxylic acids is 1. The van der Waals surface area contributed by atoms with Crippen LogP contribution in [0, 0.1) is 11.3 Å². The average molecular weight is 278 g/mol. The molecule has 0 aromatic heterocycles.